The van der Waals surface area contributed by atoms with Crippen molar-refractivity contribution in [1.29, 1.82) is 0 Å². The molecule has 0 aliphatic rings. The van der Waals surface area contributed by atoms with Crippen LogP contribution in [0.1, 0.15) is 25.0 Å². The lowest BCUT2D eigenvalue weighted by atomic mass is 10.1. The van der Waals surface area contributed by atoms with Gasteiger partial charge in [0.1, 0.15) is 5.75 Å². The lowest BCUT2D eigenvalue weighted by molar-refractivity contribution is -0.123. The minimum atomic E-state index is -0.226. The van der Waals surface area contributed by atoms with E-state index in [0.29, 0.717) is 23.0 Å². The minimum Gasteiger partial charge on any atom is -0.484 e. The fourth-order valence-corrected chi connectivity index (χ4v) is 2.44. The zero-order chi connectivity index (χ0) is 19.1. The van der Waals surface area contributed by atoms with Crippen LogP contribution in [-0.2, 0) is 16.1 Å². The lowest BCUT2D eigenvalue weighted by Gasteiger charge is -2.11. The zero-order valence-corrected chi connectivity index (χ0v) is 15.9. The topological polar surface area (TPSA) is 67.4 Å². The van der Waals surface area contributed by atoms with Gasteiger partial charge in [0, 0.05) is 23.2 Å². The predicted molar refractivity (Wildman–Crippen MR) is 103 cm³/mol. The largest absolute Gasteiger partial charge is 0.484 e. The minimum absolute atomic E-state index is 0.0436. The summed E-state index contributed by atoms with van der Waals surface area (Å²) < 4.78 is 5.52. The van der Waals surface area contributed by atoms with Gasteiger partial charge in [-0.1, -0.05) is 37.6 Å². The summed E-state index contributed by atoms with van der Waals surface area (Å²) >= 11 is 5.90. The van der Waals surface area contributed by atoms with Crippen LogP contribution in [0.15, 0.2) is 42.5 Å². The molecule has 2 rings (SSSR count). The number of hydrogen-bond donors (Lipinski definition) is 2. The second-order valence-corrected chi connectivity index (χ2v) is 6.76. The van der Waals surface area contributed by atoms with Crippen molar-refractivity contribution in [1.82, 2.24) is 5.32 Å². The van der Waals surface area contributed by atoms with E-state index >= 15 is 0 Å². The molecular formula is C20H23ClN2O3. The van der Waals surface area contributed by atoms with E-state index in [2.05, 4.69) is 10.6 Å². The molecule has 2 N–H and O–H groups in total. The predicted octanol–water partition coefficient (Wildman–Crippen LogP) is 3.94. The first-order valence-corrected chi connectivity index (χ1v) is 8.78. The second-order valence-electron chi connectivity index (χ2n) is 6.32. The number of hydrogen-bond acceptors (Lipinski definition) is 3. The van der Waals surface area contributed by atoms with Crippen LogP contribution in [0.25, 0.3) is 0 Å². The van der Waals surface area contributed by atoms with Crippen LogP contribution in [-0.4, -0.2) is 18.4 Å². The highest BCUT2D eigenvalue weighted by atomic mass is 35.5. The number of nitrogens with one attached hydrogen (secondary N) is 2. The van der Waals surface area contributed by atoms with Crippen LogP contribution in [0, 0.1) is 12.8 Å². The van der Waals surface area contributed by atoms with Gasteiger partial charge in [-0.05, 0) is 48.4 Å². The van der Waals surface area contributed by atoms with Gasteiger partial charge in [-0.2, -0.15) is 0 Å². The van der Waals surface area contributed by atoms with Crippen LogP contribution in [0.2, 0.25) is 5.02 Å². The number of ether oxygens (including phenoxy) is 1. The third-order valence-electron chi connectivity index (χ3n) is 3.70. The van der Waals surface area contributed by atoms with Crippen molar-refractivity contribution in [2.24, 2.45) is 5.92 Å². The van der Waals surface area contributed by atoms with E-state index in [0.717, 1.165) is 11.1 Å². The Bertz CT molecular complexity index is 790. The summed E-state index contributed by atoms with van der Waals surface area (Å²) in [4.78, 5) is 23.7. The molecule has 0 unspecified atom stereocenters. The Labute approximate surface area is 158 Å². The summed E-state index contributed by atoms with van der Waals surface area (Å²) in [5, 5.41) is 6.27. The Hall–Kier alpha value is -2.53. The van der Waals surface area contributed by atoms with Crippen LogP contribution in [0.5, 0.6) is 5.75 Å². The van der Waals surface area contributed by atoms with E-state index in [1.807, 2.05) is 45.0 Å². The number of rotatable bonds is 7. The number of aryl methyl sites for hydroxylation is 1. The van der Waals surface area contributed by atoms with Gasteiger partial charge in [0.05, 0.1) is 0 Å². The average molecular weight is 375 g/mol. The van der Waals surface area contributed by atoms with E-state index < -0.39 is 0 Å². The van der Waals surface area contributed by atoms with Gasteiger partial charge in [-0.3, -0.25) is 9.59 Å². The fourth-order valence-electron chi connectivity index (χ4n) is 2.22. The average Bonchev–Trinajstić information content (AvgIpc) is 2.59. The highest BCUT2D eigenvalue weighted by Gasteiger charge is 2.08. The van der Waals surface area contributed by atoms with E-state index in [-0.39, 0.29) is 24.3 Å². The number of amides is 2. The van der Waals surface area contributed by atoms with Crippen molar-refractivity contribution in [3.63, 3.8) is 0 Å². The lowest BCUT2D eigenvalue weighted by Crippen LogP contribution is -2.28. The first kappa shape index (κ1) is 19.8. The zero-order valence-electron chi connectivity index (χ0n) is 15.1. The van der Waals surface area contributed by atoms with Gasteiger partial charge < -0.3 is 15.4 Å². The van der Waals surface area contributed by atoms with Crippen LogP contribution in [0.3, 0.4) is 0 Å². The van der Waals surface area contributed by atoms with Crippen molar-refractivity contribution in [3.8, 4) is 5.75 Å². The monoisotopic (exact) mass is 374 g/mol. The molecule has 26 heavy (non-hydrogen) atoms. The number of carbonyl (C=O) groups is 2. The molecule has 138 valence electrons. The van der Waals surface area contributed by atoms with Crippen molar-refractivity contribution in [2.45, 2.75) is 27.3 Å². The third-order valence-corrected chi connectivity index (χ3v) is 3.94. The summed E-state index contributed by atoms with van der Waals surface area (Å²) in [7, 11) is 0. The molecule has 0 radical (unpaired) electrons. The number of halogens is 1. The van der Waals surface area contributed by atoms with Gasteiger partial charge in [0.15, 0.2) is 6.61 Å². The van der Waals surface area contributed by atoms with Crippen molar-refractivity contribution in [3.05, 3.63) is 58.6 Å². The van der Waals surface area contributed by atoms with Gasteiger partial charge >= 0.3 is 0 Å². The van der Waals surface area contributed by atoms with Gasteiger partial charge in [0.25, 0.3) is 5.91 Å². The Kier molecular flexibility index (Phi) is 7.04. The molecular weight excluding hydrogens is 352 g/mol. The van der Waals surface area contributed by atoms with Gasteiger partial charge in [0.2, 0.25) is 5.91 Å². The second kappa shape index (κ2) is 9.25. The van der Waals surface area contributed by atoms with Gasteiger partial charge in [-0.25, -0.2) is 0 Å². The Morgan fingerprint density at radius 2 is 1.92 bits per heavy atom. The number of anilines is 1. The van der Waals surface area contributed by atoms with Gasteiger partial charge in [-0.15, -0.1) is 0 Å². The maximum atomic E-state index is 12.0. The standard InChI is InChI=1S/C20H23ClN2O3/c1-13(2)20(25)23-17-6-4-5-15(10-17)11-22-19(24)12-26-18-8-7-16(21)9-14(18)3/h4-10,13H,11-12H2,1-3H3,(H,22,24)(H,23,25). The molecule has 0 heterocycles. The summed E-state index contributed by atoms with van der Waals surface area (Å²) in [6, 6.07) is 12.6. The van der Waals surface area contributed by atoms with Crippen LogP contribution in [0.4, 0.5) is 5.69 Å². The Balaban J connectivity index is 1.84. The first-order valence-electron chi connectivity index (χ1n) is 8.40. The molecule has 0 saturated carbocycles. The molecule has 2 amide bonds. The number of carbonyl (C=O) groups excluding carboxylic acids is 2. The highest BCUT2D eigenvalue weighted by Crippen LogP contribution is 2.21. The van der Waals surface area contributed by atoms with E-state index in [1.54, 1.807) is 18.2 Å². The Morgan fingerprint density at radius 1 is 1.15 bits per heavy atom. The van der Waals surface area contributed by atoms with Crippen molar-refractivity contribution in [2.75, 3.05) is 11.9 Å². The molecule has 0 fully saturated rings. The molecule has 5 nitrogen and oxygen atoms in total. The van der Waals surface area contributed by atoms with E-state index in [4.69, 9.17) is 16.3 Å². The molecule has 2 aromatic carbocycles. The maximum Gasteiger partial charge on any atom is 0.258 e. The first-order chi connectivity index (χ1) is 12.3. The molecule has 2 aromatic rings. The molecule has 0 spiro atoms. The molecule has 0 atom stereocenters. The smallest absolute Gasteiger partial charge is 0.258 e. The fraction of sp³-hybridized carbons (Fsp3) is 0.300. The summed E-state index contributed by atoms with van der Waals surface area (Å²) in [6.07, 6.45) is 0. The third kappa shape index (κ3) is 6.08. The van der Waals surface area contributed by atoms with Crippen molar-refractivity contribution >= 4 is 29.1 Å². The summed E-state index contributed by atoms with van der Waals surface area (Å²) in [5.74, 6) is 0.267. The summed E-state index contributed by atoms with van der Waals surface area (Å²) in [5.41, 5.74) is 2.48. The molecule has 0 aliphatic heterocycles. The molecule has 0 saturated heterocycles. The number of benzene rings is 2. The maximum absolute atomic E-state index is 12.0. The SMILES string of the molecule is Cc1cc(Cl)ccc1OCC(=O)NCc1cccc(NC(=O)C(C)C)c1. The molecule has 0 aromatic heterocycles. The van der Waals surface area contributed by atoms with Crippen molar-refractivity contribution < 1.29 is 14.3 Å². The molecule has 0 bridgehead atoms. The molecule has 0 aliphatic carbocycles. The Morgan fingerprint density at radius 3 is 2.62 bits per heavy atom. The normalized spacial score (nSPS) is 10.5. The van der Waals surface area contributed by atoms with Crippen LogP contribution < -0.4 is 15.4 Å². The van der Waals surface area contributed by atoms with Crippen LogP contribution >= 0.6 is 11.6 Å². The summed E-state index contributed by atoms with van der Waals surface area (Å²) in [6.45, 7) is 5.82. The van der Waals surface area contributed by atoms with E-state index in [1.165, 1.54) is 0 Å². The molecule has 6 heteroatoms. The van der Waals surface area contributed by atoms with E-state index in [9.17, 15) is 9.59 Å². The quantitative estimate of drug-likeness (QED) is 0.771. The highest BCUT2D eigenvalue weighted by molar-refractivity contribution is 6.30.